The first-order valence-corrected chi connectivity index (χ1v) is 0.816. The van der Waals surface area contributed by atoms with Crippen LogP contribution in [0.25, 0.3) is 0 Å². The van der Waals surface area contributed by atoms with Crippen LogP contribution in [-0.2, 0) is 86.9 Å². The van der Waals surface area contributed by atoms with Crippen LogP contribution in [0, 0.1) is 42.0 Å². The Balaban J connectivity index is -0.00000000267. The third-order valence-corrected chi connectivity index (χ3v) is 0. The fourth-order valence-corrected chi connectivity index (χ4v) is 0. The maximum atomic E-state index is 7.50. The van der Waals surface area contributed by atoms with E-state index in [9.17, 15) is 0 Å². The summed E-state index contributed by atoms with van der Waals surface area (Å²) in [5, 5.41) is 0. The molecule has 0 saturated heterocycles. The fourth-order valence-electron chi connectivity index (χ4n) is 0. The van der Waals surface area contributed by atoms with E-state index < -0.39 is 0 Å². The van der Waals surface area contributed by atoms with Crippen molar-refractivity contribution >= 4 is 0 Å². The minimum Gasteiger partial charge on any atom is -0.154 e. The van der Waals surface area contributed by atoms with E-state index in [2.05, 4.69) is 22.4 Å². The molecule has 64 valence electrons. The van der Waals surface area contributed by atoms with Crippen molar-refractivity contribution in [2.45, 2.75) is 0 Å². The summed E-state index contributed by atoms with van der Waals surface area (Å²) in [4.78, 5) is 30.0. The predicted octanol–water partition coefficient (Wildman–Crippen LogP) is 1.32. The summed E-state index contributed by atoms with van der Waals surface area (Å²) in [7, 11) is 0. The predicted molar refractivity (Wildman–Crippen MR) is 24.3 cm³/mol. The van der Waals surface area contributed by atoms with E-state index >= 15 is 0 Å². The first kappa shape index (κ1) is 72.1. The molecule has 12 heavy (non-hydrogen) atoms. The zero-order chi connectivity index (χ0) is 8.00. The molecule has 0 aliphatic rings. The zero-order valence-electron chi connectivity index (χ0n) is 5.63. The Morgan fingerprint density at radius 1 is 0.333 bits per heavy atom. The molecule has 0 aromatic carbocycles. The Kier molecular flexibility index (Phi) is 5900. The van der Waals surface area contributed by atoms with Gasteiger partial charge < -0.3 is 0 Å². The average molecular weight is 316 g/mol. The van der Waals surface area contributed by atoms with Gasteiger partial charge >= 0.3 is 0 Å². The van der Waals surface area contributed by atoms with E-state index in [0.717, 1.165) is 0 Å². The Bertz CT molecular complexity index is 27.0. The third-order valence-electron chi connectivity index (χ3n) is 0. The van der Waals surface area contributed by atoms with Crippen molar-refractivity contribution < 1.29 is 86.9 Å². The average Bonchev–Trinajstić information content (AvgIpc) is 2.03. The molecule has 0 aliphatic carbocycles. The van der Waals surface area contributed by atoms with Crippen molar-refractivity contribution in [3.8, 4) is 0 Å². The van der Waals surface area contributed by atoms with Crippen LogP contribution in [0.15, 0.2) is 0 Å². The number of nitrogens with one attached hydrogen (secondary N) is 4. The van der Waals surface area contributed by atoms with Crippen LogP contribution < -0.4 is 0 Å². The van der Waals surface area contributed by atoms with Gasteiger partial charge in [0.2, 0.25) is 0 Å². The summed E-state index contributed by atoms with van der Waals surface area (Å²) in [6.07, 6.45) is 0. The van der Waals surface area contributed by atoms with E-state index in [1.54, 1.807) is 0 Å². The molecule has 0 amide bonds. The molecule has 0 spiro atoms. The molecule has 0 fully saturated rings. The van der Waals surface area contributed by atoms with Crippen LogP contribution in [0.3, 0.4) is 0 Å². The topological polar surface area (TPSA) is 164 Å². The molecular weight excluding hydrogens is 311 g/mol. The molecule has 0 aromatic rings. The summed E-state index contributed by atoms with van der Waals surface area (Å²) in [6, 6.07) is 0. The summed E-state index contributed by atoms with van der Waals surface area (Å²) >= 11 is 0. The molecule has 0 aromatic heterocycles. The van der Waals surface area contributed by atoms with Gasteiger partial charge in [-0.3, -0.25) is 0 Å². The summed E-state index contributed by atoms with van der Waals surface area (Å²) in [5.41, 5.74) is 18.0. The molecule has 0 saturated carbocycles. The monoisotopic (exact) mass is 316 g/mol. The Labute approximate surface area is 127 Å². The second kappa shape index (κ2) is 983. The fraction of sp³-hybridized carbons (Fsp3) is 0. The third kappa shape index (κ3) is 749. The largest absolute Gasteiger partial charge is 0.154 e. The molecule has 0 unspecified atom stereocenters. The van der Waals surface area contributed by atoms with Gasteiger partial charge in [-0.1, -0.05) is 22.4 Å². The SMILES string of the molecule is N=O.N=O.N=O.N=O.[Ti].[Ti].[Ti].[Ti]. The van der Waals surface area contributed by atoms with Crippen LogP contribution >= 0.6 is 0 Å². The molecular formula is H4N4O4Ti4. The zero-order valence-corrected chi connectivity index (χ0v) is 11.9. The number of nitroso groups, excluding NO2 is 4. The number of hydrogen-bond donors (Lipinski definition) is 4. The van der Waals surface area contributed by atoms with Crippen molar-refractivity contribution in [2.24, 2.45) is 0 Å². The molecule has 12 heteroatoms. The smallest absolute Gasteiger partial charge is 0 e. The van der Waals surface area contributed by atoms with E-state index in [-0.39, 0.29) is 86.9 Å². The maximum absolute atomic E-state index is 7.50. The number of rotatable bonds is 0. The second-order valence-electron chi connectivity index (χ2n) is 0. The van der Waals surface area contributed by atoms with Crippen molar-refractivity contribution in [3.63, 3.8) is 0 Å². The van der Waals surface area contributed by atoms with E-state index in [0.29, 0.717) is 0 Å². The van der Waals surface area contributed by atoms with Gasteiger partial charge in [0.25, 0.3) is 0 Å². The van der Waals surface area contributed by atoms with Gasteiger partial charge in [0.05, 0.1) is 0 Å². The van der Waals surface area contributed by atoms with Crippen molar-refractivity contribution in [1.82, 2.24) is 0 Å². The molecule has 0 atom stereocenters. The van der Waals surface area contributed by atoms with Gasteiger partial charge in [-0.05, 0) is 0 Å². The Morgan fingerprint density at radius 2 is 0.333 bits per heavy atom. The summed E-state index contributed by atoms with van der Waals surface area (Å²) < 4.78 is 0. The van der Waals surface area contributed by atoms with E-state index in [4.69, 9.17) is 19.6 Å². The Morgan fingerprint density at radius 3 is 0.333 bits per heavy atom. The molecule has 0 aliphatic heterocycles. The first-order chi connectivity index (χ1) is 4.00. The number of hydrogen-bond acceptors (Lipinski definition) is 8. The van der Waals surface area contributed by atoms with Crippen molar-refractivity contribution in [1.29, 1.82) is 22.4 Å². The standard InChI is InChI=1S/4HNO.4Ti/c4*1-2;;;;/h4*1H;;;;. The molecule has 0 rings (SSSR count). The van der Waals surface area contributed by atoms with Gasteiger partial charge in [0, 0.05) is 86.9 Å². The van der Waals surface area contributed by atoms with Crippen LogP contribution in [-0.4, -0.2) is 0 Å². The maximum Gasteiger partial charge on any atom is 0 e. The van der Waals surface area contributed by atoms with Crippen molar-refractivity contribution in [2.75, 3.05) is 0 Å². The van der Waals surface area contributed by atoms with Gasteiger partial charge in [0.1, 0.15) is 0 Å². The molecule has 0 radical (unpaired) electrons. The van der Waals surface area contributed by atoms with E-state index in [1.165, 1.54) is 0 Å². The summed E-state index contributed by atoms with van der Waals surface area (Å²) in [5.74, 6) is 0. The molecule has 0 heterocycles. The quantitative estimate of drug-likeness (QED) is 0.391. The second-order valence-corrected chi connectivity index (χ2v) is 0. The normalized spacial score (nSPS) is 1.33. The summed E-state index contributed by atoms with van der Waals surface area (Å²) in [6.45, 7) is 0. The van der Waals surface area contributed by atoms with Crippen molar-refractivity contribution in [3.05, 3.63) is 19.6 Å². The molecule has 0 bridgehead atoms. The van der Waals surface area contributed by atoms with E-state index in [1.807, 2.05) is 0 Å². The Hall–Kier alpha value is 1.26. The van der Waals surface area contributed by atoms with Crippen LogP contribution in [0.1, 0.15) is 0 Å². The minimum absolute atomic E-state index is 0. The minimum atomic E-state index is 0. The first-order valence-electron chi connectivity index (χ1n) is 0.816. The van der Waals surface area contributed by atoms with Gasteiger partial charge in [-0.25, -0.2) is 0 Å². The molecule has 8 nitrogen and oxygen atoms in total. The van der Waals surface area contributed by atoms with Gasteiger partial charge in [-0.15, -0.1) is 0 Å². The van der Waals surface area contributed by atoms with Crippen LogP contribution in [0.4, 0.5) is 0 Å². The van der Waals surface area contributed by atoms with Gasteiger partial charge in [0.15, 0.2) is 0 Å². The van der Waals surface area contributed by atoms with Crippen LogP contribution in [0.2, 0.25) is 0 Å². The van der Waals surface area contributed by atoms with Gasteiger partial charge in [-0.2, -0.15) is 19.6 Å². The molecule has 4 N–H and O–H groups in total. The van der Waals surface area contributed by atoms with Crippen LogP contribution in [0.5, 0.6) is 0 Å².